The normalized spacial score (nSPS) is 14.3. The summed E-state index contributed by atoms with van der Waals surface area (Å²) >= 11 is 0.919. The monoisotopic (exact) mass is 590 g/mol. The maximum absolute atomic E-state index is 14.3. The van der Waals surface area contributed by atoms with Gasteiger partial charge in [-0.05, 0) is 84.0 Å². The van der Waals surface area contributed by atoms with Crippen LogP contribution >= 0.6 is 11.5 Å². The Labute approximate surface area is 247 Å². The summed E-state index contributed by atoms with van der Waals surface area (Å²) in [4.78, 5) is 30.0. The number of hydrogen-bond acceptors (Lipinski definition) is 6. The van der Waals surface area contributed by atoms with Gasteiger partial charge in [-0.1, -0.05) is 43.5 Å². The molecule has 0 aliphatic heterocycles. The van der Waals surface area contributed by atoms with Crippen molar-refractivity contribution in [3.8, 4) is 17.0 Å². The highest BCUT2D eigenvalue weighted by atomic mass is 32.1. The number of carbonyl (C=O) groups excluding carboxylic acids is 2. The number of nitrogens with zero attached hydrogens (tertiary/aromatic N) is 2. The van der Waals surface area contributed by atoms with E-state index in [1.165, 1.54) is 29.2 Å². The Morgan fingerprint density at radius 3 is 2.21 bits per heavy atom. The molecule has 1 unspecified atom stereocenters. The molecule has 42 heavy (non-hydrogen) atoms. The van der Waals surface area contributed by atoms with Gasteiger partial charge in [0, 0.05) is 18.2 Å². The molecule has 1 aliphatic carbocycles. The molecule has 0 saturated heterocycles. The molecule has 1 atom stereocenters. The minimum absolute atomic E-state index is 0.00771. The molecule has 7 nitrogen and oxygen atoms in total. The van der Waals surface area contributed by atoms with Crippen LogP contribution in [-0.2, 0) is 11.3 Å². The second kappa shape index (κ2) is 13.1. The lowest BCUT2D eigenvalue weighted by Crippen LogP contribution is -2.46. The van der Waals surface area contributed by atoms with E-state index in [1.54, 1.807) is 55.6 Å². The van der Waals surface area contributed by atoms with Crippen LogP contribution in [0.5, 0.6) is 5.75 Å². The van der Waals surface area contributed by atoms with Crippen molar-refractivity contribution in [2.75, 3.05) is 12.8 Å². The number of amides is 2. The van der Waals surface area contributed by atoms with E-state index in [0.717, 1.165) is 43.6 Å². The maximum atomic E-state index is 14.3. The first-order valence-electron chi connectivity index (χ1n) is 13.8. The molecule has 0 bridgehead atoms. The average Bonchev–Trinajstić information content (AvgIpc) is 3.39. The highest BCUT2D eigenvalue weighted by Gasteiger charge is 2.35. The van der Waals surface area contributed by atoms with Crippen molar-refractivity contribution in [3.05, 3.63) is 100 Å². The lowest BCUT2D eigenvalue weighted by molar-refractivity contribution is -0.127. The van der Waals surface area contributed by atoms with Gasteiger partial charge >= 0.3 is 0 Å². The fourth-order valence-corrected chi connectivity index (χ4v) is 6.03. The van der Waals surface area contributed by atoms with Crippen molar-refractivity contribution in [2.24, 2.45) is 0 Å². The molecule has 10 heteroatoms. The van der Waals surface area contributed by atoms with Crippen LogP contribution in [0.2, 0.25) is 0 Å². The first-order valence-corrected chi connectivity index (χ1v) is 14.6. The fraction of sp³-hybridized carbons (Fsp3) is 0.281. The summed E-state index contributed by atoms with van der Waals surface area (Å²) in [6.45, 7) is 0.0110. The van der Waals surface area contributed by atoms with Crippen molar-refractivity contribution in [2.45, 2.75) is 50.7 Å². The van der Waals surface area contributed by atoms with Gasteiger partial charge in [0.25, 0.3) is 5.91 Å². The Hall–Kier alpha value is -4.31. The third kappa shape index (κ3) is 6.60. The van der Waals surface area contributed by atoms with Gasteiger partial charge in [-0.2, -0.15) is 4.37 Å². The quantitative estimate of drug-likeness (QED) is 0.232. The first-order chi connectivity index (χ1) is 20.3. The number of halogens is 2. The summed E-state index contributed by atoms with van der Waals surface area (Å²) in [5.74, 6) is -1.02. The number of methoxy groups -OCH3 is 1. The Morgan fingerprint density at radius 1 is 0.976 bits per heavy atom. The zero-order valence-corrected chi connectivity index (χ0v) is 24.0. The van der Waals surface area contributed by atoms with Crippen LogP contribution < -0.4 is 15.8 Å². The van der Waals surface area contributed by atoms with E-state index in [9.17, 15) is 18.4 Å². The molecule has 3 aromatic carbocycles. The van der Waals surface area contributed by atoms with Gasteiger partial charge in [0.2, 0.25) is 5.91 Å². The van der Waals surface area contributed by atoms with E-state index in [-0.39, 0.29) is 29.1 Å². The van der Waals surface area contributed by atoms with Crippen LogP contribution in [0, 0.1) is 11.6 Å². The molecule has 4 aromatic rings. The Kier molecular flexibility index (Phi) is 9.12. The Bertz CT molecular complexity index is 1520. The third-order valence-electron chi connectivity index (χ3n) is 7.51. The summed E-state index contributed by atoms with van der Waals surface area (Å²) in [5.41, 5.74) is 8.75. The van der Waals surface area contributed by atoms with E-state index in [0.29, 0.717) is 28.1 Å². The molecule has 1 saturated carbocycles. The maximum Gasteiger partial charge on any atom is 0.268 e. The fourth-order valence-electron chi connectivity index (χ4n) is 5.25. The largest absolute Gasteiger partial charge is 0.497 e. The third-order valence-corrected chi connectivity index (χ3v) is 8.36. The molecule has 1 heterocycles. The van der Waals surface area contributed by atoms with Crippen LogP contribution in [0.3, 0.4) is 0 Å². The van der Waals surface area contributed by atoms with Crippen molar-refractivity contribution in [1.82, 2.24) is 14.6 Å². The first kappa shape index (κ1) is 29.2. The van der Waals surface area contributed by atoms with Crippen LogP contribution in [0.4, 0.5) is 14.5 Å². The zero-order chi connectivity index (χ0) is 29.6. The number of ether oxygens (including phenoxy) is 1. The molecular formula is C32H32F2N4O3S. The number of nitrogen functional groups attached to an aromatic ring is 1. The average molecular weight is 591 g/mol. The molecule has 1 fully saturated rings. The van der Waals surface area contributed by atoms with E-state index in [2.05, 4.69) is 9.69 Å². The topological polar surface area (TPSA) is 97.5 Å². The molecule has 0 spiro atoms. The van der Waals surface area contributed by atoms with E-state index >= 15 is 0 Å². The molecule has 5 rings (SSSR count). The highest BCUT2D eigenvalue weighted by molar-refractivity contribution is 7.09. The molecule has 0 radical (unpaired) electrons. The number of carbonyl (C=O) groups is 2. The van der Waals surface area contributed by atoms with Crippen molar-refractivity contribution in [3.63, 3.8) is 0 Å². The number of aromatic nitrogens is 1. The lowest BCUT2D eigenvalue weighted by atomic mass is 9.94. The Morgan fingerprint density at radius 2 is 1.60 bits per heavy atom. The number of nitrogens with one attached hydrogen (secondary N) is 1. The van der Waals surface area contributed by atoms with Gasteiger partial charge < -0.3 is 20.7 Å². The number of nitrogens with two attached hydrogens (primary N) is 1. The molecule has 1 aromatic heterocycles. The molecule has 2 amide bonds. The van der Waals surface area contributed by atoms with Crippen LogP contribution in [0.1, 0.15) is 58.9 Å². The van der Waals surface area contributed by atoms with Crippen molar-refractivity contribution in [1.29, 1.82) is 0 Å². The summed E-state index contributed by atoms with van der Waals surface area (Å²) in [6, 6.07) is 17.5. The second-order valence-corrected chi connectivity index (χ2v) is 11.1. The smallest absolute Gasteiger partial charge is 0.268 e. The minimum atomic E-state index is -1.02. The second-order valence-electron chi connectivity index (χ2n) is 10.4. The standard InChI is InChI=1S/C32H32F2N4O3S/c1-41-26-17-11-22(12-18-26)29(31(39)36-25-5-3-2-4-6-25)38(19-20-7-13-23(33)14-8-20)32(40)30-27(35)28(37-42-30)21-9-15-24(34)16-10-21/h7-18,25,29H,2-6,19,35H2,1H3,(H,36,39). The van der Waals surface area contributed by atoms with Crippen LogP contribution in [0.15, 0.2) is 72.8 Å². The SMILES string of the molecule is COc1ccc(C(C(=O)NC2CCCCC2)N(Cc2ccc(F)cc2)C(=O)c2snc(-c3ccc(F)cc3)c2N)cc1. The summed E-state index contributed by atoms with van der Waals surface area (Å²) in [6.07, 6.45) is 4.93. The summed E-state index contributed by atoms with van der Waals surface area (Å²) in [7, 11) is 1.55. The van der Waals surface area contributed by atoms with E-state index in [4.69, 9.17) is 10.5 Å². The molecule has 1 aliphatic rings. The van der Waals surface area contributed by atoms with Gasteiger partial charge in [-0.15, -0.1) is 0 Å². The van der Waals surface area contributed by atoms with Gasteiger partial charge in [-0.3, -0.25) is 9.59 Å². The minimum Gasteiger partial charge on any atom is -0.497 e. The lowest BCUT2D eigenvalue weighted by Gasteiger charge is -2.33. The van der Waals surface area contributed by atoms with Crippen molar-refractivity contribution >= 4 is 29.0 Å². The number of anilines is 1. The number of rotatable bonds is 9. The van der Waals surface area contributed by atoms with E-state index in [1.807, 2.05) is 0 Å². The molecule has 3 N–H and O–H groups in total. The predicted molar refractivity (Wildman–Crippen MR) is 159 cm³/mol. The van der Waals surface area contributed by atoms with Gasteiger partial charge in [-0.25, -0.2) is 8.78 Å². The predicted octanol–water partition coefficient (Wildman–Crippen LogP) is 6.51. The van der Waals surface area contributed by atoms with Gasteiger partial charge in [0.05, 0.1) is 12.8 Å². The zero-order valence-electron chi connectivity index (χ0n) is 23.2. The van der Waals surface area contributed by atoms with Crippen molar-refractivity contribution < 1.29 is 23.1 Å². The van der Waals surface area contributed by atoms with Crippen LogP contribution in [0.25, 0.3) is 11.3 Å². The molecular weight excluding hydrogens is 558 g/mol. The molecule has 218 valence electrons. The van der Waals surface area contributed by atoms with Gasteiger partial charge in [0.15, 0.2) is 0 Å². The number of benzene rings is 3. The van der Waals surface area contributed by atoms with E-state index < -0.39 is 23.6 Å². The number of hydrogen-bond donors (Lipinski definition) is 2. The summed E-state index contributed by atoms with van der Waals surface area (Å²) in [5, 5.41) is 3.18. The highest BCUT2D eigenvalue weighted by Crippen LogP contribution is 2.35. The summed E-state index contributed by atoms with van der Waals surface area (Å²) < 4.78 is 37.0. The Balaban J connectivity index is 1.57. The van der Waals surface area contributed by atoms with Crippen LogP contribution in [-0.4, -0.2) is 34.2 Å². The van der Waals surface area contributed by atoms with Gasteiger partial charge in [0.1, 0.15) is 34.0 Å².